The molecule has 1 heteroatoms. The van der Waals surface area contributed by atoms with Gasteiger partial charge in [0.05, 0.1) is 0 Å². The Morgan fingerprint density at radius 3 is 2.55 bits per heavy atom. The Labute approximate surface area is 71.6 Å². The van der Waals surface area contributed by atoms with E-state index in [1.54, 1.807) is 17.2 Å². The second kappa shape index (κ2) is 4.80. The fourth-order valence-electron chi connectivity index (χ4n) is 0.738. The number of benzene rings is 1. The molecule has 11 heavy (non-hydrogen) atoms. The lowest BCUT2D eigenvalue weighted by Gasteiger charge is -1.88. The van der Waals surface area contributed by atoms with Crippen molar-refractivity contribution in [2.24, 2.45) is 0 Å². The van der Waals surface area contributed by atoms with E-state index in [1.165, 1.54) is 5.56 Å². The van der Waals surface area contributed by atoms with Crippen LogP contribution in [0.1, 0.15) is 5.56 Å². The third-order valence-electron chi connectivity index (χ3n) is 1.23. The second-order valence-corrected chi connectivity index (χ2v) is 2.89. The molecule has 0 atom stereocenters. The Bertz CT molecular complexity index is 236. The van der Waals surface area contributed by atoms with E-state index in [1.807, 2.05) is 23.6 Å². The van der Waals surface area contributed by atoms with Crippen LogP contribution in [-0.2, 0) is 0 Å². The number of hydrogen-bond donors (Lipinski definition) is 0. The van der Waals surface area contributed by atoms with Crippen molar-refractivity contribution in [2.75, 3.05) is 0 Å². The topological polar surface area (TPSA) is 0 Å². The molecule has 0 aromatic heterocycles. The minimum Gasteiger partial charge on any atom is -0.107 e. The van der Waals surface area contributed by atoms with E-state index >= 15 is 0 Å². The molecule has 0 nitrogen and oxygen atoms in total. The van der Waals surface area contributed by atoms with Gasteiger partial charge in [0.25, 0.3) is 0 Å². The highest BCUT2D eigenvalue weighted by Gasteiger charge is 1.79. The number of hydrogen-bond acceptors (Lipinski definition) is 1. The van der Waals surface area contributed by atoms with E-state index in [2.05, 4.69) is 24.8 Å². The van der Waals surface area contributed by atoms with Gasteiger partial charge in [-0.05, 0) is 22.5 Å². The molecule has 0 aliphatic rings. The SMILES string of the molecule is C=CSC=Cc1ccccc1. The summed E-state index contributed by atoms with van der Waals surface area (Å²) in [7, 11) is 0. The summed E-state index contributed by atoms with van der Waals surface area (Å²) in [5.41, 5.74) is 1.22. The Hall–Kier alpha value is -0.950. The molecular weight excluding hydrogens is 152 g/mol. The van der Waals surface area contributed by atoms with E-state index in [4.69, 9.17) is 0 Å². The first kappa shape index (κ1) is 8.15. The average molecular weight is 162 g/mol. The molecule has 0 N–H and O–H groups in total. The van der Waals surface area contributed by atoms with E-state index in [0.717, 1.165) is 0 Å². The van der Waals surface area contributed by atoms with Gasteiger partial charge in [-0.2, -0.15) is 0 Å². The lowest BCUT2D eigenvalue weighted by molar-refractivity contribution is 1.67. The Morgan fingerprint density at radius 2 is 1.91 bits per heavy atom. The van der Waals surface area contributed by atoms with Crippen LogP contribution in [0.5, 0.6) is 0 Å². The predicted octanol–water partition coefficient (Wildman–Crippen LogP) is 3.53. The monoisotopic (exact) mass is 162 g/mol. The highest BCUT2D eigenvalue weighted by molar-refractivity contribution is 8.05. The van der Waals surface area contributed by atoms with Gasteiger partial charge >= 0.3 is 0 Å². The van der Waals surface area contributed by atoms with Gasteiger partial charge in [-0.3, -0.25) is 0 Å². The van der Waals surface area contributed by atoms with Gasteiger partial charge < -0.3 is 0 Å². The Kier molecular flexibility index (Phi) is 3.56. The first-order valence-corrected chi connectivity index (χ1v) is 4.36. The van der Waals surface area contributed by atoms with Gasteiger partial charge in [-0.15, -0.1) is 11.8 Å². The molecule has 1 rings (SSSR count). The standard InChI is InChI=1S/C10H10S/c1-2-11-9-8-10-6-4-3-5-7-10/h2-9H,1H2. The normalized spacial score (nSPS) is 10.2. The quantitative estimate of drug-likeness (QED) is 0.655. The van der Waals surface area contributed by atoms with Gasteiger partial charge in [0, 0.05) is 0 Å². The van der Waals surface area contributed by atoms with Crippen LogP contribution in [0.25, 0.3) is 6.08 Å². The third kappa shape index (κ3) is 3.10. The van der Waals surface area contributed by atoms with Gasteiger partial charge in [-0.1, -0.05) is 36.9 Å². The maximum absolute atomic E-state index is 3.60. The molecule has 0 fully saturated rings. The van der Waals surface area contributed by atoms with Crippen molar-refractivity contribution in [1.82, 2.24) is 0 Å². The molecule has 0 spiro atoms. The number of thioether (sulfide) groups is 1. The lowest BCUT2D eigenvalue weighted by Crippen LogP contribution is -1.65. The van der Waals surface area contributed by atoms with Crippen molar-refractivity contribution in [2.45, 2.75) is 0 Å². The molecule has 1 aromatic carbocycles. The first-order chi connectivity index (χ1) is 5.43. The van der Waals surface area contributed by atoms with Crippen molar-refractivity contribution in [3.05, 3.63) is 53.3 Å². The fraction of sp³-hybridized carbons (Fsp3) is 0. The molecule has 0 unspecified atom stereocenters. The third-order valence-corrected chi connectivity index (χ3v) is 1.72. The van der Waals surface area contributed by atoms with Crippen molar-refractivity contribution in [1.29, 1.82) is 0 Å². The molecule has 0 aliphatic carbocycles. The highest BCUT2D eigenvalue weighted by Crippen LogP contribution is 2.07. The van der Waals surface area contributed by atoms with Gasteiger partial charge in [0.2, 0.25) is 0 Å². The van der Waals surface area contributed by atoms with Crippen LogP contribution in [0.4, 0.5) is 0 Å². The smallest absolute Gasteiger partial charge is 0.0242 e. The van der Waals surface area contributed by atoms with Crippen LogP contribution < -0.4 is 0 Å². The predicted molar refractivity (Wildman–Crippen MR) is 53.3 cm³/mol. The Balaban J connectivity index is 2.57. The van der Waals surface area contributed by atoms with Crippen LogP contribution in [0.15, 0.2) is 47.7 Å². The van der Waals surface area contributed by atoms with Crippen molar-refractivity contribution >= 4 is 17.8 Å². The summed E-state index contributed by atoms with van der Waals surface area (Å²) in [6.07, 6.45) is 2.06. The Morgan fingerprint density at radius 1 is 1.18 bits per heavy atom. The molecule has 0 saturated carbocycles. The van der Waals surface area contributed by atoms with Gasteiger partial charge in [-0.25, -0.2) is 0 Å². The largest absolute Gasteiger partial charge is 0.107 e. The second-order valence-electron chi connectivity index (χ2n) is 2.02. The molecule has 56 valence electrons. The molecule has 0 heterocycles. The molecule has 0 radical (unpaired) electrons. The maximum atomic E-state index is 3.60. The van der Waals surface area contributed by atoms with Crippen LogP contribution >= 0.6 is 11.8 Å². The highest BCUT2D eigenvalue weighted by atomic mass is 32.2. The van der Waals surface area contributed by atoms with Crippen LogP contribution in [0.3, 0.4) is 0 Å². The average Bonchev–Trinajstić information content (AvgIpc) is 2.07. The summed E-state index contributed by atoms with van der Waals surface area (Å²) in [6, 6.07) is 10.2. The molecule has 0 bridgehead atoms. The molecule has 0 amide bonds. The summed E-state index contributed by atoms with van der Waals surface area (Å²) in [5.74, 6) is 0. The van der Waals surface area contributed by atoms with Gasteiger partial charge in [0.1, 0.15) is 0 Å². The van der Waals surface area contributed by atoms with E-state index in [-0.39, 0.29) is 0 Å². The summed E-state index contributed by atoms with van der Waals surface area (Å²) in [6.45, 7) is 3.60. The zero-order chi connectivity index (χ0) is 7.94. The number of rotatable bonds is 3. The van der Waals surface area contributed by atoms with Crippen molar-refractivity contribution in [3.63, 3.8) is 0 Å². The zero-order valence-electron chi connectivity index (χ0n) is 6.23. The van der Waals surface area contributed by atoms with Crippen LogP contribution in [0, 0.1) is 0 Å². The minimum absolute atomic E-state index is 1.22. The molecule has 1 aromatic rings. The summed E-state index contributed by atoms with van der Waals surface area (Å²) in [4.78, 5) is 0. The van der Waals surface area contributed by atoms with Crippen molar-refractivity contribution in [3.8, 4) is 0 Å². The lowest BCUT2D eigenvalue weighted by atomic mass is 10.2. The summed E-state index contributed by atoms with van der Waals surface area (Å²) >= 11 is 1.59. The maximum Gasteiger partial charge on any atom is -0.0242 e. The molecular formula is C10H10S. The summed E-state index contributed by atoms with van der Waals surface area (Å²) in [5, 5.41) is 3.82. The van der Waals surface area contributed by atoms with Gasteiger partial charge in [0.15, 0.2) is 0 Å². The molecule has 0 aliphatic heterocycles. The van der Waals surface area contributed by atoms with Crippen LogP contribution in [0.2, 0.25) is 0 Å². The van der Waals surface area contributed by atoms with Crippen molar-refractivity contribution < 1.29 is 0 Å². The van der Waals surface area contributed by atoms with E-state index < -0.39 is 0 Å². The fourth-order valence-corrected chi connectivity index (χ4v) is 1.08. The van der Waals surface area contributed by atoms with E-state index in [9.17, 15) is 0 Å². The summed E-state index contributed by atoms with van der Waals surface area (Å²) < 4.78 is 0. The molecule has 0 saturated heterocycles. The minimum atomic E-state index is 1.22. The first-order valence-electron chi connectivity index (χ1n) is 3.41. The van der Waals surface area contributed by atoms with E-state index in [0.29, 0.717) is 0 Å². The van der Waals surface area contributed by atoms with Crippen LogP contribution in [-0.4, -0.2) is 0 Å². The zero-order valence-corrected chi connectivity index (χ0v) is 7.05.